The van der Waals surface area contributed by atoms with Crippen molar-refractivity contribution in [2.24, 2.45) is 0 Å². The van der Waals surface area contributed by atoms with Crippen molar-refractivity contribution in [2.75, 3.05) is 20.3 Å². The van der Waals surface area contributed by atoms with Gasteiger partial charge in [0, 0.05) is 20.3 Å². The molecule has 0 aromatic carbocycles. The summed E-state index contributed by atoms with van der Waals surface area (Å²) in [6.45, 7) is 0.887. The molecular formula is C4H11BO4. The highest BCUT2D eigenvalue weighted by Crippen LogP contribution is 1.82. The first-order chi connectivity index (χ1) is 4.27. The summed E-state index contributed by atoms with van der Waals surface area (Å²) in [5, 5.41) is 16.3. The molecule has 0 rings (SSSR count). The Kier molecular flexibility index (Phi) is 5.97. The lowest BCUT2D eigenvalue weighted by molar-refractivity contribution is 0.142. The molecule has 0 atom stereocenters. The van der Waals surface area contributed by atoms with Crippen molar-refractivity contribution in [3.05, 3.63) is 0 Å². The molecule has 0 heterocycles. The zero-order chi connectivity index (χ0) is 7.11. The monoisotopic (exact) mass is 134 g/mol. The van der Waals surface area contributed by atoms with E-state index in [4.69, 9.17) is 10.0 Å². The van der Waals surface area contributed by atoms with Gasteiger partial charge in [-0.15, -0.1) is 0 Å². The first-order valence-electron chi connectivity index (χ1n) is 2.74. The molecule has 0 aliphatic rings. The highest BCUT2D eigenvalue weighted by molar-refractivity contribution is 6.32. The van der Waals surface area contributed by atoms with Gasteiger partial charge in [-0.05, 0) is 6.42 Å². The summed E-state index contributed by atoms with van der Waals surface area (Å²) in [5.41, 5.74) is 0. The average Bonchev–Trinajstić information content (AvgIpc) is 1.80. The Morgan fingerprint density at radius 1 is 1.33 bits per heavy atom. The molecule has 0 fully saturated rings. The Hall–Kier alpha value is -0.0951. The van der Waals surface area contributed by atoms with E-state index >= 15 is 0 Å². The summed E-state index contributed by atoms with van der Waals surface area (Å²) >= 11 is 0. The SMILES string of the molecule is COCCCOB(O)O. The Morgan fingerprint density at radius 3 is 2.44 bits per heavy atom. The predicted molar refractivity (Wildman–Crippen MR) is 32.6 cm³/mol. The van der Waals surface area contributed by atoms with Crippen molar-refractivity contribution in [3.8, 4) is 0 Å². The molecule has 0 aromatic heterocycles. The van der Waals surface area contributed by atoms with Gasteiger partial charge in [0.1, 0.15) is 0 Å². The Bertz CT molecular complexity index is 58.5. The quantitative estimate of drug-likeness (QED) is 0.374. The van der Waals surface area contributed by atoms with E-state index in [-0.39, 0.29) is 0 Å². The molecule has 5 heteroatoms. The molecular weight excluding hydrogens is 123 g/mol. The van der Waals surface area contributed by atoms with Gasteiger partial charge in [-0.1, -0.05) is 0 Å². The zero-order valence-corrected chi connectivity index (χ0v) is 5.41. The molecule has 0 radical (unpaired) electrons. The fraction of sp³-hybridized carbons (Fsp3) is 1.00. The third kappa shape index (κ3) is 7.90. The van der Waals surface area contributed by atoms with E-state index < -0.39 is 7.32 Å². The Morgan fingerprint density at radius 2 is 2.00 bits per heavy atom. The molecule has 9 heavy (non-hydrogen) atoms. The zero-order valence-electron chi connectivity index (χ0n) is 5.41. The molecule has 0 aromatic rings. The summed E-state index contributed by atoms with van der Waals surface area (Å²) in [7, 11) is -0.0723. The number of rotatable bonds is 5. The van der Waals surface area contributed by atoms with Gasteiger partial charge in [0.25, 0.3) is 0 Å². The predicted octanol–water partition coefficient (Wildman–Crippen LogP) is -0.991. The fourth-order valence-corrected chi connectivity index (χ4v) is 0.392. The van der Waals surface area contributed by atoms with E-state index in [9.17, 15) is 0 Å². The van der Waals surface area contributed by atoms with Crippen molar-refractivity contribution >= 4 is 7.32 Å². The molecule has 0 aliphatic heterocycles. The van der Waals surface area contributed by atoms with E-state index in [0.717, 1.165) is 0 Å². The largest absolute Gasteiger partial charge is 0.633 e. The number of methoxy groups -OCH3 is 1. The van der Waals surface area contributed by atoms with Crippen LogP contribution in [0.2, 0.25) is 0 Å². The van der Waals surface area contributed by atoms with Crippen LogP contribution in [0.15, 0.2) is 0 Å². The molecule has 2 N–H and O–H groups in total. The smallest absolute Gasteiger partial charge is 0.402 e. The van der Waals surface area contributed by atoms with Gasteiger partial charge in [-0.25, -0.2) is 0 Å². The minimum atomic E-state index is -1.65. The number of hydrogen-bond donors (Lipinski definition) is 2. The van der Waals surface area contributed by atoms with Crippen LogP contribution in [0.5, 0.6) is 0 Å². The third-order valence-corrected chi connectivity index (χ3v) is 0.760. The van der Waals surface area contributed by atoms with Crippen LogP contribution in [0.1, 0.15) is 6.42 Å². The lowest BCUT2D eigenvalue weighted by Crippen LogP contribution is -2.17. The lowest BCUT2D eigenvalue weighted by Gasteiger charge is -1.99. The highest BCUT2D eigenvalue weighted by atomic mass is 16.6. The van der Waals surface area contributed by atoms with Gasteiger partial charge in [0.05, 0.1) is 0 Å². The van der Waals surface area contributed by atoms with Crippen molar-refractivity contribution in [1.82, 2.24) is 0 Å². The number of ether oxygens (including phenoxy) is 1. The maximum absolute atomic E-state index is 8.14. The molecule has 4 nitrogen and oxygen atoms in total. The summed E-state index contributed by atoms with van der Waals surface area (Å²) in [6, 6.07) is 0. The topological polar surface area (TPSA) is 58.9 Å². The van der Waals surface area contributed by atoms with Crippen LogP contribution in [-0.4, -0.2) is 37.7 Å². The van der Waals surface area contributed by atoms with Crippen LogP contribution in [0.4, 0.5) is 0 Å². The second kappa shape index (κ2) is 6.03. The molecule has 0 aliphatic carbocycles. The van der Waals surface area contributed by atoms with Crippen LogP contribution in [0.25, 0.3) is 0 Å². The van der Waals surface area contributed by atoms with E-state index in [1.165, 1.54) is 0 Å². The number of hydrogen-bond acceptors (Lipinski definition) is 4. The second-order valence-corrected chi connectivity index (χ2v) is 1.54. The van der Waals surface area contributed by atoms with Crippen LogP contribution >= 0.6 is 0 Å². The first kappa shape index (κ1) is 8.90. The van der Waals surface area contributed by atoms with Crippen LogP contribution in [-0.2, 0) is 9.39 Å². The maximum Gasteiger partial charge on any atom is 0.633 e. The molecule has 0 unspecified atom stereocenters. The summed E-state index contributed by atoms with van der Waals surface area (Å²) in [4.78, 5) is 0. The molecule has 0 spiro atoms. The lowest BCUT2D eigenvalue weighted by atomic mass is 10.2. The van der Waals surface area contributed by atoms with Crippen LogP contribution in [0, 0.1) is 0 Å². The minimum Gasteiger partial charge on any atom is -0.402 e. The van der Waals surface area contributed by atoms with E-state index in [1.54, 1.807) is 7.11 Å². The fourth-order valence-electron chi connectivity index (χ4n) is 0.392. The van der Waals surface area contributed by atoms with Gasteiger partial charge in [-0.3, -0.25) is 0 Å². The standard InChI is InChI=1S/C4H11BO4/c1-8-3-2-4-9-5(6)7/h6-7H,2-4H2,1H3. The highest BCUT2D eigenvalue weighted by Gasteiger charge is 2.05. The van der Waals surface area contributed by atoms with Crippen molar-refractivity contribution < 1.29 is 19.4 Å². The van der Waals surface area contributed by atoms with Gasteiger partial charge in [0.15, 0.2) is 0 Å². The summed E-state index contributed by atoms with van der Waals surface area (Å²) in [5.74, 6) is 0. The second-order valence-electron chi connectivity index (χ2n) is 1.54. The van der Waals surface area contributed by atoms with Gasteiger partial charge in [0.2, 0.25) is 0 Å². The van der Waals surface area contributed by atoms with E-state index in [1.807, 2.05) is 0 Å². The maximum atomic E-state index is 8.14. The van der Waals surface area contributed by atoms with Crippen LogP contribution < -0.4 is 0 Å². The van der Waals surface area contributed by atoms with Crippen molar-refractivity contribution in [3.63, 3.8) is 0 Å². The first-order valence-corrected chi connectivity index (χ1v) is 2.74. The van der Waals surface area contributed by atoms with Gasteiger partial charge < -0.3 is 19.4 Å². The van der Waals surface area contributed by atoms with Gasteiger partial charge in [-0.2, -0.15) is 0 Å². The molecule has 0 saturated heterocycles. The Balaban J connectivity index is 2.75. The van der Waals surface area contributed by atoms with Gasteiger partial charge >= 0.3 is 7.32 Å². The average molecular weight is 134 g/mol. The summed E-state index contributed by atoms with van der Waals surface area (Å²) < 4.78 is 9.06. The Labute approximate surface area is 54.6 Å². The van der Waals surface area contributed by atoms with Crippen molar-refractivity contribution in [1.29, 1.82) is 0 Å². The van der Waals surface area contributed by atoms with Crippen LogP contribution in [0.3, 0.4) is 0 Å². The molecule has 0 saturated carbocycles. The normalized spacial score (nSPS) is 9.67. The third-order valence-electron chi connectivity index (χ3n) is 0.760. The molecule has 0 bridgehead atoms. The minimum absolute atomic E-state index is 0.311. The van der Waals surface area contributed by atoms with Crippen molar-refractivity contribution in [2.45, 2.75) is 6.42 Å². The van der Waals surface area contributed by atoms with E-state index in [2.05, 4.69) is 9.39 Å². The van der Waals surface area contributed by atoms with E-state index in [0.29, 0.717) is 19.6 Å². The summed E-state index contributed by atoms with van der Waals surface area (Å²) in [6.07, 6.45) is 0.675. The molecule has 0 amide bonds. The molecule has 54 valence electrons.